The van der Waals surface area contributed by atoms with E-state index in [0.29, 0.717) is 11.7 Å². The Labute approximate surface area is 142 Å². The van der Waals surface area contributed by atoms with Crippen LogP contribution in [0.15, 0.2) is 29.3 Å². The third-order valence-corrected chi connectivity index (χ3v) is 4.49. The van der Waals surface area contributed by atoms with Gasteiger partial charge in [-0.2, -0.15) is 4.99 Å². The van der Waals surface area contributed by atoms with Gasteiger partial charge < -0.3 is 21.3 Å². The van der Waals surface area contributed by atoms with Gasteiger partial charge in [0, 0.05) is 24.9 Å². The lowest BCUT2D eigenvalue weighted by molar-refractivity contribution is -0.797. The number of nitrogens with two attached hydrogens (primary N) is 1. The third kappa shape index (κ3) is 3.26. The van der Waals surface area contributed by atoms with Crippen molar-refractivity contribution in [2.24, 2.45) is 10.7 Å². The molecule has 0 spiro atoms. The van der Waals surface area contributed by atoms with E-state index in [1.165, 1.54) is 5.56 Å². The predicted molar refractivity (Wildman–Crippen MR) is 98.2 cm³/mol. The van der Waals surface area contributed by atoms with Crippen LogP contribution in [-0.2, 0) is 0 Å². The molecule has 1 aromatic carbocycles. The van der Waals surface area contributed by atoms with Crippen LogP contribution >= 0.6 is 0 Å². The van der Waals surface area contributed by atoms with Crippen molar-refractivity contribution in [3.63, 3.8) is 0 Å². The van der Waals surface area contributed by atoms with Crippen molar-refractivity contribution in [3.05, 3.63) is 40.6 Å². The molecule has 128 valence electrons. The Balaban J connectivity index is 1.95. The Morgan fingerprint density at radius 3 is 2.83 bits per heavy atom. The van der Waals surface area contributed by atoms with Crippen LogP contribution in [0.1, 0.15) is 37.8 Å². The molecule has 0 saturated carbocycles. The number of pyridine rings is 1. The fraction of sp³-hybridized carbons (Fsp3) is 0.444. The minimum Gasteiger partial charge on any atom is -0.626 e. The van der Waals surface area contributed by atoms with Gasteiger partial charge in [0.15, 0.2) is 6.17 Å². The molecule has 0 fully saturated rings. The standard InChI is InChI=1S/C18H25N5O/c1-4-14(19)7-8-20-17-15(18-21-12(3)23(18)24)10-13-9-11(2)5-6-16(13)22-17/h5-6,9-10,12,14,23H,4,7-8,19H2,1-3H3,(H,20,22). The van der Waals surface area contributed by atoms with Gasteiger partial charge in [-0.1, -0.05) is 18.6 Å². The molecule has 6 nitrogen and oxygen atoms in total. The minimum atomic E-state index is -0.241. The molecule has 6 heteroatoms. The molecule has 0 amide bonds. The molecule has 3 atom stereocenters. The van der Waals surface area contributed by atoms with Crippen LogP contribution in [0.4, 0.5) is 5.82 Å². The largest absolute Gasteiger partial charge is 0.626 e. The molecular formula is C18H25N5O. The molecule has 3 unspecified atom stereocenters. The first-order chi connectivity index (χ1) is 11.5. The van der Waals surface area contributed by atoms with Crippen LogP contribution in [0, 0.1) is 12.1 Å². The average molecular weight is 327 g/mol. The van der Waals surface area contributed by atoms with Crippen molar-refractivity contribution in [1.82, 2.24) is 4.98 Å². The summed E-state index contributed by atoms with van der Waals surface area (Å²) in [7, 11) is 0. The van der Waals surface area contributed by atoms with Crippen molar-refractivity contribution in [1.29, 1.82) is 0 Å². The maximum absolute atomic E-state index is 12.1. The summed E-state index contributed by atoms with van der Waals surface area (Å²) >= 11 is 0. The number of anilines is 1. The van der Waals surface area contributed by atoms with Crippen LogP contribution in [0.5, 0.6) is 0 Å². The average Bonchev–Trinajstić information content (AvgIpc) is 2.58. The van der Waals surface area contributed by atoms with Crippen LogP contribution < -0.4 is 16.1 Å². The first-order valence-corrected chi connectivity index (χ1v) is 8.53. The predicted octanol–water partition coefficient (Wildman–Crippen LogP) is 1.57. The monoisotopic (exact) mass is 327 g/mol. The van der Waals surface area contributed by atoms with E-state index >= 15 is 0 Å². The number of nitrogens with zero attached hydrogens (tertiary/aromatic N) is 2. The van der Waals surface area contributed by atoms with Crippen molar-refractivity contribution in [2.45, 2.75) is 45.8 Å². The van der Waals surface area contributed by atoms with E-state index in [1.54, 1.807) is 0 Å². The van der Waals surface area contributed by atoms with E-state index in [0.717, 1.165) is 35.9 Å². The maximum atomic E-state index is 12.1. The normalized spacial score (nSPS) is 21.3. The quantitative estimate of drug-likeness (QED) is 0.703. The summed E-state index contributed by atoms with van der Waals surface area (Å²) in [6.45, 7) is 6.67. The summed E-state index contributed by atoms with van der Waals surface area (Å²) in [5.74, 6) is 1.24. The Kier molecular flexibility index (Phi) is 4.80. The number of nitrogens with one attached hydrogen (secondary N) is 2. The first kappa shape index (κ1) is 16.8. The summed E-state index contributed by atoms with van der Waals surface area (Å²) in [5, 5.41) is 16.6. The Morgan fingerprint density at radius 2 is 2.17 bits per heavy atom. The van der Waals surface area contributed by atoms with E-state index in [9.17, 15) is 5.21 Å². The SMILES string of the molecule is CCC(N)CCNc1nc2ccc(C)cc2cc1C1=NC(C)[NH+]1[O-]. The van der Waals surface area contributed by atoms with Crippen LogP contribution in [-0.4, -0.2) is 29.6 Å². The minimum absolute atomic E-state index is 0.0807. The summed E-state index contributed by atoms with van der Waals surface area (Å²) in [5.41, 5.74) is 8.85. The molecule has 4 N–H and O–H groups in total. The number of amidine groups is 1. The summed E-state index contributed by atoms with van der Waals surface area (Å²) in [6.07, 6.45) is 1.57. The molecule has 1 aliphatic rings. The number of hydrogen-bond donors (Lipinski definition) is 3. The van der Waals surface area contributed by atoms with Crippen LogP contribution in [0.3, 0.4) is 0 Å². The van der Waals surface area contributed by atoms with E-state index in [2.05, 4.69) is 23.3 Å². The molecule has 1 aliphatic heterocycles. The number of fused-ring (bicyclic) bond motifs is 1. The number of rotatable bonds is 6. The fourth-order valence-electron chi connectivity index (χ4n) is 2.84. The highest BCUT2D eigenvalue weighted by Gasteiger charge is 2.31. The van der Waals surface area contributed by atoms with Gasteiger partial charge in [-0.15, -0.1) is 0 Å². The summed E-state index contributed by atoms with van der Waals surface area (Å²) in [4.78, 5) is 9.10. The van der Waals surface area contributed by atoms with Crippen LogP contribution in [0.2, 0.25) is 0 Å². The molecule has 3 rings (SSSR count). The maximum Gasteiger partial charge on any atom is 0.239 e. The number of hydroxylamine groups is 2. The second-order valence-corrected chi connectivity index (χ2v) is 6.48. The fourth-order valence-corrected chi connectivity index (χ4v) is 2.84. The highest BCUT2D eigenvalue weighted by atomic mass is 16.5. The highest BCUT2D eigenvalue weighted by Crippen LogP contribution is 2.23. The molecule has 0 saturated heterocycles. The molecule has 0 bridgehead atoms. The van der Waals surface area contributed by atoms with E-state index in [-0.39, 0.29) is 17.3 Å². The van der Waals surface area contributed by atoms with Gasteiger partial charge in [-0.3, -0.25) is 0 Å². The third-order valence-electron chi connectivity index (χ3n) is 4.49. The van der Waals surface area contributed by atoms with Crippen LogP contribution in [0.25, 0.3) is 10.9 Å². The molecule has 0 aliphatic carbocycles. The highest BCUT2D eigenvalue weighted by molar-refractivity contribution is 6.02. The van der Waals surface area contributed by atoms with Crippen molar-refractivity contribution in [2.75, 3.05) is 11.9 Å². The molecule has 24 heavy (non-hydrogen) atoms. The lowest BCUT2D eigenvalue weighted by atomic mass is 10.1. The zero-order valence-corrected chi connectivity index (χ0v) is 14.5. The molecule has 2 heterocycles. The van der Waals surface area contributed by atoms with E-state index in [4.69, 9.17) is 10.7 Å². The van der Waals surface area contributed by atoms with Crippen molar-refractivity contribution < 1.29 is 5.06 Å². The number of hydrogen-bond acceptors (Lipinski definition) is 5. The van der Waals surface area contributed by atoms with Gasteiger partial charge >= 0.3 is 0 Å². The van der Waals surface area contributed by atoms with Gasteiger partial charge in [0.2, 0.25) is 5.84 Å². The topological polar surface area (TPSA) is 90.8 Å². The molecule has 1 aromatic heterocycles. The first-order valence-electron chi connectivity index (χ1n) is 8.53. The Morgan fingerprint density at radius 1 is 1.38 bits per heavy atom. The van der Waals surface area contributed by atoms with Crippen molar-refractivity contribution >= 4 is 22.6 Å². The van der Waals surface area contributed by atoms with Gasteiger partial charge in [0.1, 0.15) is 5.82 Å². The van der Waals surface area contributed by atoms with E-state index < -0.39 is 0 Å². The summed E-state index contributed by atoms with van der Waals surface area (Å²) < 4.78 is 0. The molecular weight excluding hydrogens is 302 g/mol. The summed E-state index contributed by atoms with van der Waals surface area (Å²) in [6, 6.07) is 8.31. The number of aryl methyl sites for hydroxylation is 1. The van der Waals surface area contributed by atoms with Crippen molar-refractivity contribution in [3.8, 4) is 0 Å². The molecule has 2 aromatic rings. The van der Waals surface area contributed by atoms with Gasteiger partial charge in [0.25, 0.3) is 0 Å². The number of benzene rings is 1. The van der Waals surface area contributed by atoms with E-state index in [1.807, 2.05) is 32.0 Å². The lowest BCUT2D eigenvalue weighted by Crippen LogP contribution is -3.18. The zero-order valence-electron chi connectivity index (χ0n) is 14.5. The second kappa shape index (κ2) is 6.84. The Bertz CT molecular complexity index is 773. The lowest BCUT2D eigenvalue weighted by Gasteiger charge is -2.35. The van der Waals surface area contributed by atoms with Gasteiger partial charge in [0.05, 0.1) is 11.1 Å². The Hall–Kier alpha value is -2.02. The number of aromatic nitrogens is 1. The van der Waals surface area contributed by atoms with Gasteiger partial charge in [-0.25, -0.2) is 4.98 Å². The second-order valence-electron chi connectivity index (χ2n) is 6.48. The molecule has 0 radical (unpaired) electrons. The number of aliphatic imine (C=N–C) groups is 1. The number of quaternary nitrogens is 1. The smallest absolute Gasteiger partial charge is 0.239 e. The van der Waals surface area contributed by atoms with Gasteiger partial charge in [-0.05, 0) is 38.0 Å². The zero-order chi connectivity index (χ0) is 17.3.